The van der Waals surface area contributed by atoms with Gasteiger partial charge in [-0.2, -0.15) is 0 Å². The molecule has 0 aliphatic carbocycles. The number of carbonyl (C=O) groups excluding carboxylic acids is 1. The Labute approximate surface area is 119 Å². The molecule has 2 aromatic rings. The maximum atomic E-state index is 11.6. The minimum Gasteiger partial charge on any atom is -0.444 e. The van der Waals surface area contributed by atoms with Gasteiger partial charge in [-0.25, -0.2) is 4.79 Å². The second-order valence-electron chi connectivity index (χ2n) is 3.66. The molecule has 0 radical (unpaired) electrons. The Hall–Kier alpha value is -1.56. The summed E-state index contributed by atoms with van der Waals surface area (Å²) in [6.45, 7) is 0.276. The van der Waals surface area contributed by atoms with Gasteiger partial charge < -0.3 is 4.74 Å². The molecule has 0 aliphatic rings. The largest absolute Gasteiger partial charge is 0.444 e. The number of carbonyl (C=O) groups is 1. The van der Waals surface area contributed by atoms with Crippen LogP contribution >= 0.6 is 22.6 Å². The standard InChI is InChI=1S/C14H12INO2/c15-13-9-5-4-6-11(13)10-18-14(17)16-12-7-2-1-3-8-12/h1-9H,10H2,(H,16,17). The first-order valence-corrected chi connectivity index (χ1v) is 6.56. The van der Waals surface area contributed by atoms with Gasteiger partial charge in [0.15, 0.2) is 0 Å². The number of rotatable bonds is 3. The molecule has 2 rings (SSSR count). The zero-order valence-corrected chi connectivity index (χ0v) is 11.8. The number of anilines is 1. The average Bonchev–Trinajstić information content (AvgIpc) is 2.39. The van der Waals surface area contributed by atoms with Gasteiger partial charge in [-0.1, -0.05) is 36.4 Å². The fourth-order valence-electron chi connectivity index (χ4n) is 1.43. The Morgan fingerprint density at radius 2 is 1.72 bits per heavy atom. The van der Waals surface area contributed by atoms with Crippen LogP contribution in [-0.4, -0.2) is 6.09 Å². The van der Waals surface area contributed by atoms with Crippen molar-refractivity contribution in [3.63, 3.8) is 0 Å². The fourth-order valence-corrected chi connectivity index (χ4v) is 1.98. The summed E-state index contributed by atoms with van der Waals surface area (Å²) < 4.78 is 6.24. The van der Waals surface area contributed by atoms with Gasteiger partial charge in [-0.3, -0.25) is 5.32 Å². The normalized spacial score (nSPS) is 9.83. The van der Waals surface area contributed by atoms with Gasteiger partial charge in [0.1, 0.15) is 6.61 Å². The minimum atomic E-state index is -0.444. The maximum absolute atomic E-state index is 11.6. The number of hydrogen-bond acceptors (Lipinski definition) is 2. The molecule has 0 saturated carbocycles. The Morgan fingerprint density at radius 1 is 1.06 bits per heavy atom. The molecule has 0 unspecified atom stereocenters. The summed E-state index contributed by atoms with van der Waals surface area (Å²) >= 11 is 2.22. The highest BCUT2D eigenvalue weighted by atomic mass is 127. The van der Waals surface area contributed by atoms with Gasteiger partial charge in [0, 0.05) is 14.8 Å². The molecular formula is C14H12INO2. The number of nitrogens with one attached hydrogen (secondary N) is 1. The molecule has 3 nitrogen and oxygen atoms in total. The predicted molar refractivity (Wildman–Crippen MR) is 79.4 cm³/mol. The van der Waals surface area contributed by atoms with E-state index in [9.17, 15) is 4.79 Å². The first-order chi connectivity index (χ1) is 8.75. The smallest absolute Gasteiger partial charge is 0.411 e. The minimum absolute atomic E-state index is 0.276. The van der Waals surface area contributed by atoms with Crippen molar-refractivity contribution < 1.29 is 9.53 Å². The summed E-state index contributed by atoms with van der Waals surface area (Å²) in [6, 6.07) is 17.0. The second kappa shape index (κ2) is 6.39. The topological polar surface area (TPSA) is 38.3 Å². The van der Waals surface area contributed by atoms with Crippen LogP contribution in [0.5, 0.6) is 0 Å². The van der Waals surface area contributed by atoms with Gasteiger partial charge in [-0.15, -0.1) is 0 Å². The Morgan fingerprint density at radius 3 is 2.44 bits per heavy atom. The molecule has 4 heteroatoms. The molecule has 0 fully saturated rings. The van der Waals surface area contributed by atoms with Crippen molar-refractivity contribution in [1.82, 2.24) is 0 Å². The van der Waals surface area contributed by atoms with Crippen molar-refractivity contribution in [3.8, 4) is 0 Å². The Kier molecular flexibility index (Phi) is 4.58. The van der Waals surface area contributed by atoms with Crippen LogP contribution in [-0.2, 0) is 11.3 Å². The molecule has 0 aromatic heterocycles. The van der Waals surface area contributed by atoms with Crippen LogP contribution < -0.4 is 5.32 Å². The molecule has 0 saturated heterocycles. The van der Waals surface area contributed by atoms with Crippen molar-refractivity contribution >= 4 is 34.4 Å². The molecule has 92 valence electrons. The van der Waals surface area contributed by atoms with Crippen molar-refractivity contribution in [2.24, 2.45) is 0 Å². The highest BCUT2D eigenvalue weighted by molar-refractivity contribution is 14.1. The van der Waals surface area contributed by atoms with E-state index < -0.39 is 6.09 Å². The lowest BCUT2D eigenvalue weighted by Gasteiger charge is -2.08. The quantitative estimate of drug-likeness (QED) is 0.846. The van der Waals surface area contributed by atoms with E-state index in [4.69, 9.17) is 4.74 Å². The zero-order valence-electron chi connectivity index (χ0n) is 9.60. The lowest BCUT2D eigenvalue weighted by atomic mass is 10.2. The van der Waals surface area contributed by atoms with E-state index in [1.807, 2.05) is 54.6 Å². The number of ether oxygens (including phenoxy) is 1. The van der Waals surface area contributed by atoms with Gasteiger partial charge in [0.05, 0.1) is 0 Å². The molecule has 0 spiro atoms. The third-order valence-electron chi connectivity index (χ3n) is 2.34. The van der Waals surface area contributed by atoms with Crippen LogP contribution in [0.1, 0.15) is 5.56 Å². The molecule has 1 N–H and O–H groups in total. The van der Waals surface area contributed by atoms with Gasteiger partial charge in [0.2, 0.25) is 0 Å². The Bertz CT molecular complexity index is 528. The SMILES string of the molecule is O=C(Nc1ccccc1)OCc1ccccc1I. The maximum Gasteiger partial charge on any atom is 0.411 e. The molecule has 2 aromatic carbocycles. The summed E-state index contributed by atoms with van der Waals surface area (Å²) in [5.74, 6) is 0. The summed E-state index contributed by atoms with van der Waals surface area (Å²) in [5, 5.41) is 2.67. The van der Waals surface area contributed by atoms with Gasteiger partial charge in [-0.05, 0) is 40.8 Å². The monoisotopic (exact) mass is 353 g/mol. The van der Waals surface area contributed by atoms with E-state index in [-0.39, 0.29) is 6.61 Å². The average molecular weight is 353 g/mol. The van der Waals surface area contributed by atoms with Crippen LogP contribution in [0.2, 0.25) is 0 Å². The third kappa shape index (κ3) is 3.73. The molecule has 18 heavy (non-hydrogen) atoms. The molecule has 1 amide bonds. The number of amides is 1. The first kappa shape index (κ1) is 12.9. The van der Waals surface area contributed by atoms with Crippen LogP contribution in [0.4, 0.5) is 10.5 Å². The highest BCUT2D eigenvalue weighted by Crippen LogP contribution is 2.13. The lowest BCUT2D eigenvalue weighted by molar-refractivity contribution is 0.155. The lowest BCUT2D eigenvalue weighted by Crippen LogP contribution is -2.13. The first-order valence-electron chi connectivity index (χ1n) is 5.48. The third-order valence-corrected chi connectivity index (χ3v) is 3.39. The summed E-state index contributed by atoms with van der Waals surface area (Å²) in [6.07, 6.45) is -0.444. The van der Waals surface area contributed by atoms with E-state index in [2.05, 4.69) is 27.9 Å². The van der Waals surface area contributed by atoms with Crippen molar-refractivity contribution in [3.05, 3.63) is 63.7 Å². The van der Waals surface area contributed by atoms with E-state index in [1.54, 1.807) is 0 Å². The Balaban J connectivity index is 1.88. The van der Waals surface area contributed by atoms with Crippen molar-refractivity contribution in [1.29, 1.82) is 0 Å². The molecule has 0 heterocycles. The molecule has 0 atom stereocenters. The molecule has 0 aliphatic heterocycles. The highest BCUT2D eigenvalue weighted by Gasteiger charge is 2.04. The number of halogens is 1. The van der Waals surface area contributed by atoms with Crippen LogP contribution in [0.3, 0.4) is 0 Å². The number of hydrogen-bond donors (Lipinski definition) is 1. The van der Waals surface area contributed by atoms with E-state index >= 15 is 0 Å². The second-order valence-corrected chi connectivity index (χ2v) is 4.82. The predicted octanol–water partition coefficient (Wildman–Crippen LogP) is 4.04. The van der Waals surface area contributed by atoms with Gasteiger partial charge in [0.25, 0.3) is 0 Å². The fraction of sp³-hybridized carbons (Fsp3) is 0.0714. The van der Waals surface area contributed by atoms with E-state index in [0.29, 0.717) is 0 Å². The molecular weight excluding hydrogens is 341 g/mol. The van der Waals surface area contributed by atoms with E-state index in [0.717, 1.165) is 14.8 Å². The van der Waals surface area contributed by atoms with Gasteiger partial charge >= 0.3 is 6.09 Å². The number of para-hydroxylation sites is 1. The van der Waals surface area contributed by atoms with Crippen LogP contribution in [0.25, 0.3) is 0 Å². The zero-order chi connectivity index (χ0) is 12.8. The van der Waals surface area contributed by atoms with Crippen molar-refractivity contribution in [2.75, 3.05) is 5.32 Å². The van der Waals surface area contributed by atoms with E-state index in [1.165, 1.54) is 0 Å². The summed E-state index contributed by atoms with van der Waals surface area (Å²) in [4.78, 5) is 11.6. The van der Waals surface area contributed by atoms with Crippen LogP contribution in [0, 0.1) is 3.57 Å². The summed E-state index contributed by atoms with van der Waals surface area (Å²) in [5.41, 5.74) is 1.73. The van der Waals surface area contributed by atoms with Crippen LogP contribution in [0.15, 0.2) is 54.6 Å². The number of benzene rings is 2. The summed E-state index contributed by atoms with van der Waals surface area (Å²) in [7, 11) is 0. The molecule has 0 bridgehead atoms. The van der Waals surface area contributed by atoms with Crippen molar-refractivity contribution in [2.45, 2.75) is 6.61 Å².